The van der Waals surface area contributed by atoms with E-state index in [-0.39, 0.29) is 11.7 Å². The highest BCUT2D eigenvalue weighted by Gasteiger charge is 2.28. The molecule has 1 rings (SSSR count). The van der Waals surface area contributed by atoms with Crippen LogP contribution >= 0.6 is 0 Å². The van der Waals surface area contributed by atoms with Gasteiger partial charge in [-0.1, -0.05) is 5.92 Å². The molecule has 1 aliphatic rings. The number of Topliss-reactive ketones (excluding diaryl/α,β-unsaturated/α-hetero) is 1. The lowest BCUT2D eigenvalue weighted by Crippen LogP contribution is -2.52. The second kappa shape index (κ2) is 8.78. The van der Waals surface area contributed by atoms with Gasteiger partial charge in [0.15, 0.2) is 6.04 Å². The van der Waals surface area contributed by atoms with E-state index in [1.165, 1.54) is 0 Å². The molecule has 6 nitrogen and oxygen atoms in total. The molecular weight excluding hydrogens is 270 g/mol. The molecule has 6 heteroatoms. The van der Waals surface area contributed by atoms with Crippen LogP contribution in [0.15, 0.2) is 0 Å². The van der Waals surface area contributed by atoms with E-state index < -0.39 is 12.3 Å². The van der Waals surface area contributed by atoms with Crippen molar-refractivity contribution in [1.82, 2.24) is 15.5 Å². The Hall–Kier alpha value is -1.42. The van der Waals surface area contributed by atoms with Crippen LogP contribution in [0.1, 0.15) is 26.2 Å². The minimum atomic E-state index is -0.866. The van der Waals surface area contributed by atoms with Crippen LogP contribution in [0.25, 0.3) is 0 Å². The van der Waals surface area contributed by atoms with Crippen molar-refractivity contribution in [3.05, 3.63) is 0 Å². The van der Waals surface area contributed by atoms with Crippen molar-refractivity contribution in [2.45, 2.75) is 38.5 Å². The third-order valence-corrected chi connectivity index (χ3v) is 3.67. The summed E-state index contributed by atoms with van der Waals surface area (Å²) in [6, 6.07) is -0.822. The number of likely N-dealkylation sites (tertiary alicyclic amines) is 1. The number of carbonyl (C=O) groups is 2. The number of piperidine rings is 1. The summed E-state index contributed by atoms with van der Waals surface area (Å²) < 4.78 is 0. The lowest BCUT2D eigenvalue weighted by atomic mass is 9.92. The van der Waals surface area contributed by atoms with Crippen LogP contribution in [-0.2, 0) is 9.59 Å². The number of nitrogens with zero attached hydrogens (tertiary/aromatic N) is 1. The van der Waals surface area contributed by atoms with Gasteiger partial charge in [0.25, 0.3) is 5.91 Å². The number of aliphatic hydroxyl groups is 1. The summed E-state index contributed by atoms with van der Waals surface area (Å²) in [6.07, 6.45) is 6.74. The lowest BCUT2D eigenvalue weighted by molar-refractivity contribution is -0.134. The highest BCUT2D eigenvalue weighted by molar-refractivity contribution is 5.85. The molecule has 3 N–H and O–H groups in total. The monoisotopic (exact) mass is 295 g/mol. The number of aliphatic hydroxyl groups excluding tert-OH is 1. The Labute approximate surface area is 126 Å². The molecule has 118 valence electrons. The SMILES string of the molecule is C#CC(NC(O)CNC)C(=O)N1CCC(CC(C)=O)CC1. The molecular formula is C15H25N3O3. The fraction of sp³-hybridized carbons (Fsp3) is 0.733. The maximum absolute atomic E-state index is 12.3. The predicted molar refractivity (Wildman–Crippen MR) is 80.3 cm³/mol. The molecule has 1 aliphatic heterocycles. The van der Waals surface area contributed by atoms with Crippen molar-refractivity contribution >= 4 is 11.7 Å². The fourth-order valence-corrected chi connectivity index (χ4v) is 2.58. The van der Waals surface area contributed by atoms with Gasteiger partial charge in [0.2, 0.25) is 0 Å². The van der Waals surface area contributed by atoms with Crippen molar-refractivity contribution in [2.75, 3.05) is 26.7 Å². The second-order valence-corrected chi connectivity index (χ2v) is 5.51. The molecule has 1 saturated heterocycles. The van der Waals surface area contributed by atoms with Gasteiger partial charge in [-0.25, -0.2) is 0 Å². The Morgan fingerprint density at radius 3 is 2.52 bits per heavy atom. The van der Waals surface area contributed by atoms with Gasteiger partial charge in [0.05, 0.1) is 0 Å². The van der Waals surface area contributed by atoms with Crippen molar-refractivity contribution in [2.24, 2.45) is 5.92 Å². The molecule has 0 aromatic rings. The van der Waals surface area contributed by atoms with Crippen molar-refractivity contribution in [1.29, 1.82) is 0 Å². The Morgan fingerprint density at radius 1 is 1.43 bits per heavy atom. The Kier molecular flexibility index (Phi) is 7.37. The highest BCUT2D eigenvalue weighted by Crippen LogP contribution is 2.21. The van der Waals surface area contributed by atoms with Gasteiger partial charge in [-0.05, 0) is 32.7 Å². The van der Waals surface area contributed by atoms with E-state index in [0.29, 0.717) is 32.0 Å². The van der Waals surface area contributed by atoms with Gasteiger partial charge in [-0.3, -0.25) is 10.1 Å². The topological polar surface area (TPSA) is 81.7 Å². The summed E-state index contributed by atoms with van der Waals surface area (Å²) in [7, 11) is 1.71. The van der Waals surface area contributed by atoms with Gasteiger partial charge in [-0.2, -0.15) is 0 Å². The zero-order valence-electron chi connectivity index (χ0n) is 12.8. The van der Waals surface area contributed by atoms with Crippen molar-refractivity contribution in [3.8, 4) is 12.3 Å². The second-order valence-electron chi connectivity index (χ2n) is 5.51. The minimum Gasteiger partial charge on any atom is -0.377 e. The van der Waals surface area contributed by atoms with Gasteiger partial charge < -0.3 is 20.1 Å². The number of ketones is 1. The van der Waals surface area contributed by atoms with E-state index in [2.05, 4.69) is 16.6 Å². The predicted octanol–water partition coefficient (Wildman–Crippen LogP) is -0.667. The number of hydrogen-bond donors (Lipinski definition) is 3. The molecule has 1 amide bonds. The maximum Gasteiger partial charge on any atom is 0.252 e. The smallest absolute Gasteiger partial charge is 0.252 e. The maximum atomic E-state index is 12.3. The summed E-state index contributed by atoms with van der Waals surface area (Å²) in [5, 5.41) is 15.2. The van der Waals surface area contributed by atoms with Crippen molar-refractivity contribution < 1.29 is 14.7 Å². The molecule has 0 radical (unpaired) electrons. The highest BCUT2D eigenvalue weighted by atomic mass is 16.3. The third-order valence-electron chi connectivity index (χ3n) is 3.67. The average Bonchev–Trinajstić information content (AvgIpc) is 2.44. The zero-order chi connectivity index (χ0) is 15.8. The van der Waals surface area contributed by atoms with E-state index in [9.17, 15) is 14.7 Å². The number of hydrogen-bond acceptors (Lipinski definition) is 5. The first-order valence-corrected chi connectivity index (χ1v) is 7.31. The minimum absolute atomic E-state index is 0.186. The van der Waals surface area contributed by atoms with Gasteiger partial charge in [0.1, 0.15) is 12.0 Å². The van der Waals surface area contributed by atoms with Crippen LogP contribution in [-0.4, -0.2) is 60.6 Å². The van der Waals surface area contributed by atoms with Crippen LogP contribution in [0, 0.1) is 18.3 Å². The first-order chi connectivity index (χ1) is 9.97. The van der Waals surface area contributed by atoms with Crippen LogP contribution in [0.4, 0.5) is 0 Å². The molecule has 0 saturated carbocycles. The summed E-state index contributed by atoms with van der Waals surface area (Å²) >= 11 is 0. The summed E-state index contributed by atoms with van der Waals surface area (Å²) in [5.74, 6) is 2.75. The van der Waals surface area contributed by atoms with E-state index in [1.807, 2.05) is 0 Å². The summed E-state index contributed by atoms with van der Waals surface area (Å²) in [4.78, 5) is 25.1. The standard InChI is InChI=1S/C15H25N3O3/c1-4-13(17-14(20)10-16-3)15(21)18-7-5-12(6-8-18)9-11(2)19/h1,12-14,16-17,20H,5-10H2,2-3H3. The van der Waals surface area contributed by atoms with Crippen LogP contribution in [0.5, 0.6) is 0 Å². The Balaban J connectivity index is 2.47. The first-order valence-electron chi connectivity index (χ1n) is 7.31. The zero-order valence-corrected chi connectivity index (χ0v) is 12.8. The third kappa shape index (κ3) is 5.84. The number of likely N-dealkylation sites (N-methyl/N-ethyl adjacent to an activating group) is 1. The van der Waals surface area contributed by atoms with E-state index in [0.717, 1.165) is 12.8 Å². The molecule has 0 aliphatic carbocycles. The quantitative estimate of drug-likeness (QED) is 0.429. The van der Waals surface area contributed by atoms with Crippen LogP contribution in [0.3, 0.4) is 0 Å². The fourth-order valence-electron chi connectivity index (χ4n) is 2.58. The summed E-state index contributed by atoms with van der Waals surface area (Å²) in [6.45, 7) is 3.13. The number of amides is 1. The number of terminal acetylenes is 1. The van der Waals surface area contributed by atoms with E-state index in [1.54, 1.807) is 18.9 Å². The Morgan fingerprint density at radius 2 is 2.05 bits per heavy atom. The van der Waals surface area contributed by atoms with Gasteiger partial charge in [-0.15, -0.1) is 6.42 Å². The number of rotatable bonds is 7. The molecule has 0 bridgehead atoms. The van der Waals surface area contributed by atoms with Gasteiger partial charge >= 0.3 is 0 Å². The average molecular weight is 295 g/mol. The van der Waals surface area contributed by atoms with Crippen molar-refractivity contribution in [3.63, 3.8) is 0 Å². The normalized spacial score (nSPS) is 18.9. The van der Waals surface area contributed by atoms with Crippen LogP contribution < -0.4 is 10.6 Å². The van der Waals surface area contributed by atoms with Gasteiger partial charge in [0, 0.05) is 26.1 Å². The first kappa shape index (κ1) is 17.6. The lowest BCUT2D eigenvalue weighted by Gasteiger charge is -2.33. The molecule has 2 atom stereocenters. The Bertz CT molecular complexity index is 397. The molecule has 0 aromatic heterocycles. The molecule has 0 spiro atoms. The largest absolute Gasteiger partial charge is 0.377 e. The molecule has 1 heterocycles. The number of nitrogens with one attached hydrogen (secondary N) is 2. The van der Waals surface area contributed by atoms with E-state index >= 15 is 0 Å². The summed E-state index contributed by atoms with van der Waals surface area (Å²) in [5.41, 5.74) is 0. The molecule has 0 aromatic carbocycles. The molecule has 1 fully saturated rings. The number of carbonyl (C=O) groups excluding carboxylic acids is 2. The molecule has 2 unspecified atom stereocenters. The van der Waals surface area contributed by atoms with Crippen LogP contribution in [0.2, 0.25) is 0 Å². The molecule has 21 heavy (non-hydrogen) atoms. The van der Waals surface area contributed by atoms with E-state index in [4.69, 9.17) is 6.42 Å².